The summed E-state index contributed by atoms with van der Waals surface area (Å²) in [6, 6.07) is 13.3. The van der Waals surface area contributed by atoms with Gasteiger partial charge in [0, 0.05) is 17.3 Å². The van der Waals surface area contributed by atoms with Crippen LogP contribution in [-0.2, 0) is 11.3 Å². The van der Waals surface area contributed by atoms with Gasteiger partial charge in [-0.25, -0.2) is 4.68 Å². The zero-order valence-corrected chi connectivity index (χ0v) is 17.2. The molecule has 3 heterocycles. The van der Waals surface area contributed by atoms with E-state index in [0.717, 1.165) is 35.4 Å². The minimum Gasteiger partial charge on any atom is -0.384 e. The molecule has 160 valence electrons. The summed E-state index contributed by atoms with van der Waals surface area (Å²) in [5, 5.41) is 7.74. The number of nitrogen functional groups attached to an aromatic ring is 1. The van der Waals surface area contributed by atoms with Crippen molar-refractivity contribution in [2.75, 3.05) is 5.73 Å². The van der Waals surface area contributed by atoms with E-state index in [4.69, 9.17) is 21.3 Å². The van der Waals surface area contributed by atoms with Gasteiger partial charge in [-0.2, -0.15) is 5.10 Å². The molecule has 8 heteroatoms. The van der Waals surface area contributed by atoms with E-state index in [1.165, 1.54) is 12.8 Å². The average Bonchev–Trinajstić information content (AvgIpc) is 3.18. The zero-order chi connectivity index (χ0) is 21.4. The van der Waals surface area contributed by atoms with Crippen molar-refractivity contribution in [2.45, 2.75) is 50.6 Å². The lowest BCUT2D eigenvalue weighted by atomic mass is 10.1. The van der Waals surface area contributed by atoms with Crippen molar-refractivity contribution in [1.82, 2.24) is 20.1 Å². The Morgan fingerprint density at radius 2 is 1.90 bits per heavy atom. The quantitative estimate of drug-likeness (QED) is 0.529. The van der Waals surface area contributed by atoms with Crippen molar-refractivity contribution < 1.29 is 9.53 Å². The van der Waals surface area contributed by atoms with Gasteiger partial charge in [0.05, 0.1) is 23.8 Å². The van der Waals surface area contributed by atoms with Crippen LogP contribution < -0.4 is 16.8 Å². The fourth-order valence-corrected chi connectivity index (χ4v) is 4.27. The van der Waals surface area contributed by atoms with Crippen molar-refractivity contribution >= 4 is 11.7 Å². The highest BCUT2D eigenvalue weighted by Crippen LogP contribution is 2.45. The lowest BCUT2D eigenvalue weighted by Gasteiger charge is -2.11. The molecule has 1 aliphatic heterocycles. The Labute approximate surface area is 180 Å². The molecule has 0 bridgehead atoms. The van der Waals surface area contributed by atoms with E-state index in [9.17, 15) is 4.79 Å². The summed E-state index contributed by atoms with van der Waals surface area (Å²) in [6.07, 6.45) is 5.75. The third kappa shape index (κ3) is 3.92. The lowest BCUT2D eigenvalue weighted by Crippen LogP contribution is -2.23. The highest BCUT2D eigenvalue weighted by molar-refractivity contribution is 5.94. The standard InChI is InChI=1S/C23H26N6O2/c24-21-18(20-22(25)31-20)19(28-29(21)17-8-4-5-9-17)15-10-11-16(26-12-15)13-27-23(30)14-6-2-1-3-7-14/h1-3,6-7,10-12,17,20,22H,4-5,8-9,13,24-25H2,(H,27,30). The summed E-state index contributed by atoms with van der Waals surface area (Å²) in [5.41, 5.74) is 16.3. The number of nitrogens with one attached hydrogen (secondary N) is 1. The number of amides is 1. The van der Waals surface area contributed by atoms with Gasteiger partial charge in [-0.3, -0.25) is 9.78 Å². The third-order valence-corrected chi connectivity index (χ3v) is 6.03. The second-order valence-corrected chi connectivity index (χ2v) is 8.14. The van der Waals surface area contributed by atoms with Gasteiger partial charge >= 0.3 is 0 Å². The van der Waals surface area contributed by atoms with E-state index in [-0.39, 0.29) is 18.2 Å². The second-order valence-electron chi connectivity index (χ2n) is 8.14. The number of carbonyl (C=O) groups excluding carboxylic acids is 1. The normalized spacial score (nSPS) is 20.7. The number of anilines is 1. The fraction of sp³-hybridized carbons (Fsp3) is 0.348. The van der Waals surface area contributed by atoms with Gasteiger partial charge in [-0.1, -0.05) is 31.0 Å². The fourth-order valence-electron chi connectivity index (χ4n) is 4.27. The first-order valence-corrected chi connectivity index (χ1v) is 10.7. The van der Waals surface area contributed by atoms with Crippen LogP contribution in [0.4, 0.5) is 5.82 Å². The van der Waals surface area contributed by atoms with E-state index in [2.05, 4.69) is 10.3 Å². The molecule has 0 radical (unpaired) electrons. The summed E-state index contributed by atoms with van der Waals surface area (Å²) in [4.78, 5) is 16.8. The Kier molecular flexibility index (Phi) is 5.17. The van der Waals surface area contributed by atoms with Gasteiger partial charge in [0.15, 0.2) is 0 Å². The molecule has 2 atom stereocenters. The predicted molar refractivity (Wildman–Crippen MR) is 117 cm³/mol. The summed E-state index contributed by atoms with van der Waals surface area (Å²) >= 11 is 0. The maximum Gasteiger partial charge on any atom is 0.251 e. The van der Waals surface area contributed by atoms with E-state index >= 15 is 0 Å². The smallest absolute Gasteiger partial charge is 0.251 e. The van der Waals surface area contributed by atoms with E-state index in [1.807, 2.05) is 35.0 Å². The van der Waals surface area contributed by atoms with Crippen LogP contribution >= 0.6 is 0 Å². The van der Waals surface area contributed by atoms with Crippen LogP contribution in [0.3, 0.4) is 0 Å². The van der Waals surface area contributed by atoms with Crippen molar-refractivity contribution in [2.24, 2.45) is 5.73 Å². The molecule has 2 unspecified atom stereocenters. The van der Waals surface area contributed by atoms with Crippen LogP contribution in [0, 0.1) is 0 Å². The van der Waals surface area contributed by atoms with Gasteiger partial charge in [0.2, 0.25) is 0 Å². The average molecular weight is 419 g/mol. The minimum absolute atomic E-state index is 0.128. The first-order valence-electron chi connectivity index (χ1n) is 10.7. The number of aromatic nitrogens is 3. The largest absolute Gasteiger partial charge is 0.384 e. The SMILES string of the molecule is Nc1c(C2OC2N)c(-c2ccc(CNC(=O)c3ccccc3)nc2)nn1C1CCCC1. The molecule has 1 aliphatic carbocycles. The minimum atomic E-state index is -0.345. The van der Waals surface area contributed by atoms with Crippen LogP contribution in [0.25, 0.3) is 11.3 Å². The number of rotatable bonds is 6. The Morgan fingerprint density at radius 1 is 1.16 bits per heavy atom. The molecule has 5 N–H and O–H groups in total. The first kappa shape index (κ1) is 19.7. The van der Waals surface area contributed by atoms with Gasteiger partial charge in [0.25, 0.3) is 5.91 Å². The first-order chi connectivity index (χ1) is 15.1. The van der Waals surface area contributed by atoms with Crippen molar-refractivity contribution in [3.8, 4) is 11.3 Å². The Balaban J connectivity index is 1.35. The number of benzene rings is 1. The highest BCUT2D eigenvalue weighted by atomic mass is 16.6. The topological polar surface area (TPSA) is 124 Å². The van der Waals surface area contributed by atoms with E-state index < -0.39 is 0 Å². The molecule has 31 heavy (non-hydrogen) atoms. The molecule has 5 rings (SSSR count). The molecule has 1 saturated heterocycles. The number of hydrogen-bond acceptors (Lipinski definition) is 6. The Morgan fingerprint density at radius 3 is 2.55 bits per heavy atom. The molecule has 2 aliphatic rings. The second kappa shape index (κ2) is 8.13. The number of carbonyl (C=O) groups is 1. The number of ether oxygens (including phenoxy) is 1. The molecule has 1 saturated carbocycles. The molecule has 2 fully saturated rings. The number of pyridine rings is 1. The van der Waals surface area contributed by atoms with E-state index in [0.29, 0.717) is 24.0 Å². The molecule has 1 amide bonds. The number of nitrogens with zero attached hydrogens (tertiary/aromatic N) is 3. The monoisotopic (exact) mass is 418 g/mol. The van der Waals surface area contributed by atoms with Crippen molar-refractivity contribution in [1.29, 1.82) is 0 Å². The molecule has 1 aromatic carbocycles. The van der Waals surface area contributed by atoms with Gasteiger partial charge in [0.1, 0.15) is 23.8 Å². The Bertz CT molecular complexity index is 1070. The summed E-state index contributed by atoms with van der Waals surface area (Å²) in [6.45, 7) is 0.343. The summed E-state index contributed by atoms with van der Waals surface area (Å²) < 4.78 is 7.47. The molecule has 2 aromatic heterocycles. The predicted octanol–water partition coefficient (Wildman–Crippen LogP) is 2.93. The van der Waals surface area contributed by atoms with Crippen molar-refractivity contribution in [3.63, 3.8) is 0 Å². The van der Waals surface area contributed by atoms with Crippen LogP contribution in [0.1, 0.15) is 59.4 Å². The molecular weight excluding hydrogens is 392 g/mol. The van der Waals surface area contributed by atoms with Crippen LogP contribution in [0.15, 0.2) is 48.7 Å². The molecule has 0 spiro atoms. The van der Waals surface area contributed by atoms with Gasteiger partial charge < -0.3 is 21.5 Å². The number of nitrogens with two attached hydrogens (primary N) is 2. The van der Waals surface area contributed by atoms with Crippen LogP contribution in [0.5, 0.6) is 0 Å². The van der Waals surface area contributed by atoms with Crippen LogP contribution in [-0.4, -0.2) is 26.9 Å². The number of epoxide rings is 1. The Hall–Kier alpha value is -3.23. The summed E-state index contributed by atoms with van der Waals surface area (Å²) in [7, 11) is 0. The van der Waals surface area contributed by atoms with Crippen molar-refractivity contribution in [3.05, 3.63) is 65.5 Å². The zero-order valence-electron chi connectivity index (χ0n) is 17.2. The third-order valence-electron chi connectivity index (χ3n) is 6.03. The van der Waals surface area contributed by atoms with Crippen LogP contribution in [0.2, 0.25) is 0 Å². The molecule has 3 aromatic rings. The van der Waals surface area contributed by atoms with Gasteiger partial charge in [-0.05, 0) is 37.1 Å². The highest BCUT2D eigenvalue weighted by Gasteiger charge is 2.43. The number of hydrogen-bond donors (Lipinski definition) is 3. The van der Waals surface area contributed by atoms with Gasteiger partial charge in [-0.15, -0.1) is 0 Å². The summed E-state index contributed by atoms with van der Waals surface area (Å²) in [5.74, 6) is 0.510. The lowest BCUT2D eigenvalue weighted by molar-refractivity contribution is 0.0950. The maximum atomic E-state index is 12.2. The van der Waals surface area contributed by atoms with E-state index in [1.54, 1.807) is 18.3 Å². The maximum absolute atomic E-state index is 12.2. The molecular formula is C23H26N6O2. The molecule has 8 nitrogen and oxygen atoms in total.